The van der Waals surface area contributed by atoms with Gasteiger partial charge in [-0.25, -0.2) is 13.1 Å². The van der Waals surface area contributed by atoms with Gasteiger partial charge in [-0.3, -0.25) is 4.79 Å². The zero-order valence-electron chi connectivity index (χ0n) is 14.0. The summed E-state index contributed by atoms with van der Waals surface area (Å²) in [6.07, 6.45) is 0. The summed E-state index contributed by atoms with van der Waals surface area (Å²) in [5.41, 5.74) is 1.58. The lowest BCUT2D eigenvalue weighted by molar-refractivity contribution is -0.114. The molecule has 0 aliphatic carbocycles. The monoisotopic (exact) mass is 432 g/mol. The lowest BCUT2D eigenvalue weighted by atomic mass is 10.2. The number of nitrogens with one attached hydrogen (secondary N) is 2. The molecule has 0 aliphatic rings. The Bertz CT molecular complexity index is 872. The molecule has 26 heavy (non-hydrogen) atoms. The summed E-state index contributed by atoms with van der Waals surface area (Å²) in [7, 11) is -3.58. The van der Waals surface area contributed by atoms with Crippen molar-refractivity contribution in [1.82, 2.24) is 4.72 Å². The lowest BCUT2D eigenvalue weighted by Gasteiger charge is -2.08. The van der Waals surface area contributed by atoms with Gasteiger partial charge >= 0.3 is 0 Å². The summed E-state index contributed by atoms with van der Waals surface area (Å²) in [6.45, 7) is 1.70. The molecule has 0 aromatic heterocycles. The van der Waals surface area contributed by atoms with E-state index in [1.54, 1.807) is 36.0 Å². The maximum Gasteiger partial charge on any atom is 0.240 e. The molecular formula is C17H18Cl2N2O3S2. The zero-order chi connectivity index (χ0) is 19.2. The molecule has 2 aromatic rings. The van der Waals surface area contributed by atoms with E-state index in [1.165, 1.54) is 19.1 Å². The second kappa shape index (κ2) is 9.62. The molecule has 0 radical (unpaired) electrons. The third-order valence-corrected chi connectivity index (χ3v) is 6.52. The van der Waals surface area contributed by atoms with Crippen LogP contribution in [0.1, 0.15) is 12.5 Å². The molecule has 0 fully saturated rings. The fraction of sp³-hybridized carbons (Fsp3) is 0.235. The van der Waals surface area contributed by atoms with Crippen LogP contribution in [0.4, 0.5) is 5.69 Å². The molecule has 1 amide bonds. The summed E-state index contributed by atoms with van der Waals surface area (Å²) in [4.78, 5) is 11.1. The fourth-order valence-corrected chi connectivity index (χ4v) is 4.36. The van der Waals surface area contributed by atoms with Gasteiger partial charge in [-0.1, -0.05) is 29.3 Å². The number of rotatable bonds is 8. The number of halogens is 2. The second-order valence-corrected chi connectivity index (χ2v) is 9.09. The first-order chi connectivity index (χ1) is 12.3. The zero-order valence-corrected chi connectivity index (χ0v) is 17.1. The highest BCUT2D eigenvalue weighted by Crippen LogP contribution is 2.24. The van der Waals surface area contributed by atoms with E-state index in [9.17, 15) is 13.2 Å². The summed E-state index contributed by atoms with van der Waals surface area (Å²) < 4.78 is 27.0. The van der Waals surface area contributed by atoms with E-state index < -0.39 is 10.0 Å². The van der Waals surface area contributed by atoms with Gasteiger partial charge in [0.15, 0.2) is 0 Å². The Kier molecular flexibility index (Phi) is 7.79. The number of carbonyl (C=O) groups is 1. The van der Waals surface area contributed by atoms with E-state index >= 15 is 0 Å². The number of carbonyl (C=O) groups excluding carboxylic acids is 1. The molecular weight excluding hydrogens is 415 g/mol. The van der Waals surface area contributed by atoms with Crippen LogP contribution in [-0.2, 0) is 20.6 Å². The average Bonchev–Trinajstić information content (AvgIpc) is 2.57. The maximum absolute atomic E-state index is 12.2. The summed E-state index contributed by atoms with van der Waals surface area (Å²) in [5.74, 6) is 1.12. The number of hydrogen-bond donors (Lipinski definition) is 2. The van der Waals surface area contributed by atoms with E-state index in [-0.39, 0.29) is 10.8 Å². The van der Waals surface area contributed by atoms with E-state index in [1.807, 2.05) is 6.07 Å². The van der Waals surface area contributed by atoms with Gasteiger partial charge in [0.1, 0.15) is 0 Å². The third-order valence-electron chi connectivity index (χ3n) is 3.28. The lowest BCUT2D eigenvalue weighted by Crippen LogP contribution is -2.26. The van der Waals surface area contributed by atoms with Crippen molar-refractivity contribution in [2.24, 2.45) is 0 Å². The molecule has 0 saturated heterocycles. The van der Waals surface area contributed by atoms with Crippen molar-refractivity contribution in [3.63, 3.8) is 0 Å². The topological polar surface area (TPSA) is 75.3 Å². The number of thioether (sulfide) groups is 1. The van der Waals surface area contributed by atoms with Crippen molar-refractivity contribution < 1.29 is 13.2 Å². The van der Waals surface area contributed by atoms with Crippen LogP contribution in [0.5, 0.6) is 0 Å². The average molecular weight is 433 g/mol. The Hall–Kier alpha value is -1.25. The molecule has 0 bridgehead atoms. The molecule has 0 saturated carbocycles. The molecule has 9 heteroatoms. The molecule has 140 valence electrons. The minimum Gasteiger partial charge on any atom is -0.326 e. The Labute approximate surface area is 167 Å². The van der Waals surface area contributed by atoms with E-state index in [0.29, 0.717) is 33.8 Å². The van der Waals surface area contributed by atoms with Crippen LogP contribution >= 0.6 is 35.0 Å². The smallest absolute Gasteiger partial charge is 0.240 e. The summed E-state index contributed by atoms with van der Waals surface area (Å²) in [6, 6.07) is 11.4. The highest BCUT2D eigenvalue weighted by atomic mass is 35.5. The van der Waals surface area contributed by atoms with Crippen LogP contribution in [0.3, 0.4) is 0 Å². The maximum atomic E-state index is 12.2. The van der Waals surface area contributed by atoms with Gasteiger partial charge in [-0.05, 0) is 42.0 Å². The Morgan fingerprint density at radius 1 is 1.08 bits per heavy atom. The molecule has 0 unspecified atom stereocenters. The van der Waals surface area contributed by atoms with Gasteiger partial charge in [0, 0.05) is 30.7 Å². The molecule has 0 atom stereocenters. The standard InChI is InChI=1S/C17H18Cl2N2O3S2/c1-12(22)21-14-3-5-15(6-4-14)26(23,24)20-8-9-25-11-13-2-7-16(18)17(19)10-13/h2-7,10,20H,8-9,11H2,1H3,(H,21,22). The van der Waals surface area contributed by atoms with Gasteiger partial charge in [0.05, 0.1) is 14.9 Å². The van der Waals surface area contributed by atoms with E-state index in [0.717, 1.165) is 5.56 Å². The van der Waals surface area contributed by atoms with Crippen LogP contribution < -0.4 is 10.0 Å². The van der Waals surface area contributed by atoms with E-state index in [2.05, 4.69) is 10.0 Å². The first-order valence-corrected chi connectivity index (χ1v) is 11.1. The fourth-order valence-electron chi connectivity index (χ4n) is 2.07. The molecule has 0 heterocycles. The van der Waals surface area contributed by atoms with Crippen molar-refractivity contribution >= 4 is 56.6 Å². The number of anilines is 1. The number of benzene rings is 2. The Balaban J connectivity index is 1.80. The van der Waals surface area contributed by atoms with Crippen molar-refractivity contribution in [3.8, 4) is 0 Å². The van der Waals surface area contributed by atoms with Gasteiger partial charge in [0.25, 0.3) is 0 Å². The van der Waals surface area contributed by atoms with Crippen LogP contribution in [0, 0.1) is 0 Å². The predicted octanol–water partition coefficient (Wildman–Crippen LogP) is 4.16. The van der Waals surface area contributed by atoms with E-state index in [4.69, 9.17) is 23.2 Å². The van der Waals surface area contributed by atoms with Crippen LogP contribution in [0.2, 0.25) is 10.0 Å². The minimum atomic E-state index is -3.58. The van der Waals surface area contributed by atoms with Crippen LogP contribution in [0.25, 0.3) is 0 Å². The van der Waals surface area contributed by atoms with Gasteiger partial charge in [-0.2, -0.15) is 11.8 Å². The van der Waals surface area contributed by atoms with Gasteiger partial charge in [0.2, 0.25) is 15.9 Å². The van der Waals surface area contributed by atoms with Crippen LogP contribution in [0.15, 0.2) is 47.4 Å². The second-order valence-electron chi connectivity index (χ2n) is 5.40. The Morgan fingerprint density at radius 2 is 1.77 bits per heavy atom. The highest BCUT2D eigenvalue weighted by molar-refractivity contribution is 7.98. The molecule has 5 nitrogen and oxygen atoms in total. The quantitative estimate of drug-likeness (QED) is 0.613. The number of sulfonamides is 1. The molecule has 0 aliphatic heterocycles. The first kappa shape index (κ1) is 21.1. The van der Waals surface area contributed by atoms with Crippen molar-refractivity contribution in [1.29, 1.82) is 0 Å². The summed E-state index contributed by atoms with van der Waals surface area (Å²) in [5, 5.41) is 3.61. The minimum absolute atomic E-state index is 0.154. The molecule has 0 spiro atoms. The predicted molar refractivity (Wildman–Crippen MR) is 109 cm³/mol. The molecule has 2 rings (SSSR count). The largest absolute Gasteiger partial charge is 0.326 e. The normalized spacial score (nSPS) is 11.3. The van der Waals surface area contributed by atoms with Crippen LogP contribution in [-0.4, -0.2) is 26.6 Å². The molecule has 2 aromatic carbocycles. The highest BCUT2D eigenvalue weighted by Gasteiger charge is 2.13. The Morgan fingerprint density at radius 3 is 2.38 bits per heavy atom. The van der Waals surface area contributed by atoms with Crippen molar-refractivity contribution in [2.45, 2.75) is 17.6 Å². The summed E-state index contributed by atoms with van der Waals surface area (Å²) >= 11 is 13.4. The molecule has 2 N–H and O–H groups in total. The van der Waals surface area contributed by atoms with Crippen molar-refractivity contribution in [3.05, 3.63) is 58.1 Å². The van der Waals surface area contributed by atoms with Gasteiger partial charge < -0.3 is 5.32 Å². The number of hydrogen-bond acceptors (Lipinski definition) is 4. The van der Waals surface area contributed by atoms with Crippen molar-refractivity contribution in [2.75, 3.05) is 17.6 Å². The number of amides is 1. The SMILES string of the molecule is CC(=O)Nc1ccc(S(=O)(=O)NCCSCc2ccc(Cl)c(Cl)c2)cc1. The first-order valence-electron chi connectivity index (χ1n) is 7.67. The van der Waals surface area contributed by atoms with Gasteiger partial charge in [-0.15, -0.1) is 0 Å². The third kappa shape index (κ3) is 6.48.